The SMILES string of the molecule is CC(=O)Oc1cnc(Br)c(Br)c1. The van der Waals surface area contributed by atoms with Gasteiger partial charge in [0, 0.05) is 6.92 Å². The molecule has 0 saturated heterocycles. The Morgan fingerprint density at radius 3 is 2.75 bits per heavy atom. The maximum absolute atomic E-state index is 10.5. The van der Waals surface area contributed by atoms with Gasteiger partial charge < -0.3 is 4.74 Å². The first-order valence-corrected chi connectivity index (χ1v) is 4.67. The molecule has 0 aliphatic rings. The zero-order valence-corrected chi connectivity index (χ0v) is 9.35. The molecule has 0 aliphatic carbocycles. The molecule has 0 fully saturated rings. The van der Waals surface area contributed by atoms with E-state index in [-0.39, 0.29) is 5.97 Å². The van der Waals surface area contributed by atoms with Crippen LogP contribution in [0.25, 0.3) is 0 Å². The minimum atomic E-state index is -0.356. The van der Waals surface area contributed by atoms with Gasteiger partial charge in [-0.05, 0) is 37.9 Å². The molecule has 12 heavy (non-hydrogen) atoms. The smallest absolute Gasteiger partial charge is 0.308 e. The van der Waals surface area contributed by atoms with Crippen molar-refractivity contribution >= 4 is 37.8 Å². The molecule has 0 radical (unpaired) electrons. The molecular formula is C7H5Br2NO2. The summed E-state index contributed by atoms with van der Waals surface area (Å²) in [6, 6.07) is 1.67. The van der Waals surface area contributed by atoms with Crippen molar-refractivity contribution in [1.82, 2.24) is 4.98 Å². The summed E-state index contributed by atoms with van der Waals surface area (Å²) in [5, 5.41) is 0. The number of halogens is 2. The molecule has 0 atom stereocenters. The lowest BCUT2D eigenvalue weighted by atomic mass is 10.5. The third-order valence-corrected chi connectivity index (χ3v) is 2.80. The fourth-order valence-electron chi connectivity index (χ4n) is 0.625. The van der Waals surface area contributed by atoms with Crippen molar-refractivity contribution in [2.75, 3.05) is 0 Å². The van der Waals surface area contributed by atoms with Gasteiger partial charge >= 0.3 is 5.97 Å². The number of pyridine rings is 1. The number of hydrogen-bond acceptors (Lipinski definition) is 3. The number of carbonyl (C=O) groups is 1. The van der Waals surface area contributed by atoms with Gasteiger partial charge in [-0.15, -0.1) is 0 Å². The average molecular weight is 295 g/mol. The minimum absolute atomic E-state index is 0.356. The van der Waals surface area contributed by atoms with Crippen LogP contribution in [-0.2, 0) is 4.79 Å². The minimum Gasteiger partial charge on any atom is -0.425 e. The highest BCUT2D eigenvalue weighted by molar-refractivity contribution is 9.13. The normalized spacial score (nSPS) is 9.58. The predicted molar refractivity (Wildman–Crippen MR) is 50.9 cm³/mol. The maximum Gasteiger partial charge on any atom is 0.308 e. The third kappa shape index (κ3) is 2.57. The second kappa shape index (κ2) is 4.00. The Hall–Kier alpha value is -0.420. The molecule has 1 heterocycles. The van der Waals surface area contributed by atoms with E-state index >= 15 is 0 Å². The summed E-state index contributed by atoms with van der Waals surface area (Å²) in [6.45, 7) is 1.34. The van der Waals surface area contributed by atoms with Crippen LogP contribution in [-0.4, -0.2) is 11.0 Å². The van der Waals surface area contributed by atoms with Crippen LogP contribution in [0.4, 0.5) is 0 Å². The summed E-state index contributed by atoms with van der Waals surface area (Å²) in [5.41, 5.74) is 0. The van der Waals surface area contributed by atoms with E-state index in [0.29, 0.717) is 10.4 Å². The highest BCUT2D eigenvalue weighted by atomic mass is 79.9. The quantitative estimate of drug-likeness (QED) is 0.590. The second-order valence-electron chi connectivity index (χ2n) is 2.04. The Bertz CT molecular complexity index is 314. The zero-order valence-electron chi connectivity index (χ0n) is 6.17. The first kappa shape index (κ1) is 9.67. The molecule has 0 saturated carbocycles. The van der Waals surface area contributed by atoms with E-state index in [4.69, 9.17) is 4.74 Å². The molecule has 0 aromatic carbocycles. The molecule has 1 aromatic heterocycles. The van der Waals surface area contributed by atoms with E-state index in [9.17, 15) is 4.79 Å². The number of esters is 1. The molecule has 0 aliphatic heterocycles. The van der Waals surface area contributed by atoms with Crippen molar-refractivity contribution in [3.8, 4) is 5.75 Å². The summed E-state index contributed by atoms with van der Waals surface area (Å²) in [7, 11) is 0. The Kier molecular flexibility index (Phi) is 3.22. The Labute approximate surface area is 86.4 Å². The summed E-state index contributed by atoms with van der Waals surface area (Å²) < 4.78 is 6.23. The van der Waals surface area contributed by atoms with Crippen LogP contribution in [0.3, 0.4) is 0 Å². The standard InChI is InChI=1S/C7H5Br2NO2/c1-4(11)12-5-2-6(8)7(9)10-3-5/h2-3H,1H3. The van der Waals surface area contributed by atoms with Gasteiger partial charge in [0.2, 0.25) is 0 Å². The molecule has 64 valence electrons. The predicted octanol–water partition coefficient (Wildman–Crippen LogP) is 2.53. The topological polar surface area (TPSA) is 39.2 Å². The molecule has 0 N–H and O–H groups in total. The number of rotatable bonds is 1. The van der Waals surface area contributed by atoms with Crippen LogP contribution in [0.5, 0.6) is 5.75 Å². The molecule has 0 unspecified atom stereocenters. The van der Waals surface area contributed by atoms with Crippen LogP contribution in [0.15, 0.2) is 21.3 Å². The lowest BCUT2D eigenvalue weighted by Crippen LogP contribution is -2.01. The first-order valence-electron chi connectivity index (χ1n) is 3.09. The Morgan fingerprint density at radius 2 is 2.25 bits per heavy atom. The second-order valence-corrected chi connectivity index (χ2v) is 3.64. The van der Waals surface area contributed by atoms with Crippen LogP contribution < -0.4 is 4.74 Å². The number of hydrogen-bond donors (Lipinski definition) is 0. The van der Waals surface area contributed by atoms with E-state index in [1.165, 1.54) is 13.1 Å². The van der Waals surface area contributed by atoms with Crippen molar-refractivity contribution in [3.05, 3.63) is 21.3 Å². The molecule has 0 bridgehead atoms. The molecule has 0 amide bonds. The fourth-order valence-corrected chi connectivity index (χ4v) is 1.17. The van der Waals surface area contributed by atoms with Gasteiger partial charge in [-0.1, -0.05) is 0 Å². The van der Waals surface area contributed by atoms with E-state index in [1.807, 2.05) is 0 Å². The summed E-state index contributed by atoms with van der Waals surface area (Å²) >= 11 is 6.43. The van der Waals surface area contributed by atoms with Crippen LogP contribution in [0.2, 0.25) is 0 Å². The van der Waals surface area contributed by atoms with Crippen molar-refractivity contribution in [3.63, 3.8) is 0 Å². The van der Waals surface area contributed by atoms with Crippen LogP contribution in [0, 0.1) is 0 Å². The van der Waals surface area contributed by atoms with Gasteiger partial charge in [0.25, 0.3) is 0 Å². The van der Waals surface area contributed by atoms with Crippen molar-refractivity contribution < 1.29 is 9.53 Å². The van der Waals surface area contributed by atoms with Gasteiger partial charge in [-0.2, -0.15) is 0 Å². The zero-order chi connectivity index (χ0) is 9.14. The fraction of sp³-hybridized carbons (Fsp3) is 0.143. The van der Waals surface area contributed by atoms with Gasteiger partial charge in [0.15, 0.2) is 0 Å². The van der Waals surface area contributed by atoms with Gasteiger partial charge in [0.05, 0.1) is 10.7 Å². The van der Waals surface area contributed by atoms with Crippen LogP contribution >= 0.6 is 31.9 Å². The van der Waals surface area contributed by atoms with E-state index in [2.05, 4.69) is 36.8 Å². The van der Waals surface area contributed by atoms with Crippen LogP contribution in [0.1, 0.15) is 6.92 Å². The molecule has 5 heteroatoms. The third-order valence-electron chi connectivity index (χ3n) is 1.03. The van der Waals surface area contributed by atoms with E-state index in [0.717, 1.165) is 4.47 Å². The summed E-state index contributed by atoms with van der Waals surface area (Å²) in [6.07, 6.45) is 1.47. The van der Waals surface area contributed by atoms with Crippen molar-refractivity contribution in [1.29, 1.82) is 0 Å². The van der Waals surface area contributed by atoms with Gasteiger partial charge in [0.1, 0.15) is 10.4 Å². The largest absolute Gasteiger partial charge is 0.425 e. The molecule has 0 spiro atoms. The van der Waals surface area contributed by atoms with Gasteiger partial charge in [-0.25, -0.2) is 4.98 Å². The number of aromatic nitrogens is 1. The molecule has 3 nitrogen and oxygen atoms in total. The number of ether oxygens (including phenoxy) is 1. The molecule has 1 rings (SSSR count). The Morgan fingerprint density at radius 1 is 1.58 bits per heavy atom. The summed E-state index contributed by atoms with van der Waals surface area (Å²) in [5.74, 6) is 0.0728. The van der Waals surface area contributed by atoms with E-state index < -0.39 is 0 Å². The number of carbonyl (C=O) groups excluding carboxylic acids is 1. The van der Waals surface area contributed by atoms with Crippen molar-refractivity contribution in [2.45, 2.75) is 6.92 Å². The van der Waals surface area contributed by atoms with Gasteiger partial charge in [-0.3, -0.25) is 4.79 Å². The lowest BCUT2D eigenvalue weighted by molar-refractivity contribution is -0.131. The maximum atomic E-state index is 10.5. The summed E-state index contributed by atoms with van der Waals surface area (Å²) in [4.78, 5) is 14.5. The highest BCUT2D eigenvalue weighted by Gasteiger charge is 2.02. The number of nitrogens with zero attached hydrogens (tertiary/aromatic N) is 1. The monoisotopic (exact) mass is 293 g/mol. The highest BCUT2D eigenvalue weighted by Crippen LogP contribution is 2.24. The Balaban J connectivity index is 2.89. The van der Waals surface area contributed by atoms with Crippen molar-refractivity contribution in [2.24, 2.45) is 0 Å². The molecular weight excluding hydrogens is 290 g/mol. The average Bonchev–Trinajstić information content (AvgIpc) is 1.96. The first-order chi connectivity index (χ1) is 5.59. The van der Waals surface area contributed by atoms with E-state index in [1.54, 1.807) is 6.07 Å². The lowest BCUT2D eigenvalue weighted by Gasteiger charge is -2.01. The molecule has 1 aromatic rings.